The van der Waals surface area contributed by atoms with Crippen LogP contribution in [0.4, 0.5) is 0 Å². The van der Waals surface area contributed by atoms with E-state index < -0.39 is 0 Å². The fourth-order valence-electron chi connectivity index (χ4n) is 2.32. The number of aliphatic hydroxyl groups is 1. The standard InChI is InChI=1S/C12H27N3O/c1-14(2)9-11(16)8-13-10-12(15(3)4)6-5-7-12/h11,13,16H,5-10H2,1-4H3. The number of hydrogen-bond acceptors (Lipinski definition) is 4. The van der Waals surface area contributed by atoms with Crippen molar-refractivity contribution in [1.29, 1.82) is 0 Å². The molecular weight excluding hydrogens is 202 g/mol. The lowest BCUT2D eigenvalue weighted by molar-refractivity contribution is 0.0539. The summed E-state index contributed by atoms with van der Waals surface area (Å²) < 4.78 is 0. The Balaban J connectivity index is 2.19. The highest BCUT2D eigenvalue weighted by Crippen LogP contribution is 2.35. The predicted octanol–water partition coefficient (Wildman–Crippen LogP) is -0.0172. The number of likely N-dealkylation sites (N-methyl/N-ethyl adjacent to an activating group) is 2. The molecule has 0 amide bonds. The number of aliphatic hydroxyl groups excluding tert-OH is 1. The van der Waals surface area contributed by atoms with Crippen molar-refractivity contribution < 1.29 is 5.11 Å². The SMILES string of the molecule is CN(C)CC(O)CNCC1(N(C)C)CCC1. The van der Waals surface area contributed by atoms with Crippen LogP contribution in [0.1, 0.15) is 19.3 Å². The van der Waals surface area contributed by atoms with Crippen LogP contribution in [0, 0.1) is 0 Å². The Kier molecular flexibility index (Phi) is 5.18. The summed E-state index contributed by atoms with van der Waals surface area (Å²) in [6, 6.07) is 0. The van der Waals surface area contributed by atoms with Crippen LogP contribution in [-0.2, 0) is 0 Å². The van der Waals surface area contributed by atoms with Crippen LogP contribution in [0.3, 0.4) is 0 Å². The van der Waals surface area contributed by atoms with Crippen LogP contribution in [0.25, 0.3) is 0 Å². The molecule has 1 aliphatic carbocycles. The first kappa shape index (κ1) is 13.9. The summed E-state index contributed by atoms with van der Waals surface area (Å²) in [6.45, 7) is 2.40. The third kappa shape index (κ3) is 3.70. The second-order valence-electron chi connectivity index (χ2n) is 5.52. The maximum atomic E-state index is 9.73. The Morgan fingerprint density at radius 2 is 1.88 bits per heavy atom. The van der Waals surface area contributed by atoms with Gasteiger partial charge in [-0.2, -0.15) is 0 Å². The van der Waals surface area contributed by atoms with Crippen LogP contribution in [0.5, 0.6) is 0 Å². The normalized spacial score (nSPS) is 21.2. The number of nitrogens with zero attached hydrogens (tertiary/aromatic N) is 2. The van der Waals surface area contributed by atoms with Gasteiger partial charge >= 0.3 is 0 Å². The van der Waals surface area contributed by atoms with Crippen LogP contribution in [-0.4, -0.2) is 74.4 Å². The van der Waals surface area contributed by atoms with Gasteiger partial charge in [0, 0.05) is 25.2 Å². The van der Waals surface area contributed by atoms with Crippen LogP contribution in [0.2, 0.25) is 0 Å². The summed E-state index contributed by atoms with van der Waals surface area (Å²) >= 11 is 0. The average Bonchev–Trinajstić information content (AvgIpc) is 2.07. The molecule has 1 saturated carbocycles. The minimum absolute atomic E-state index is 0.269. The Morgan fingerprint density at radius 3 is 2.25 bits per heavy atom. The molecule has 2 N–H and O–H groups in total. The molecule has 0 spiro atoms. The van der Waals surface area contributed by atoms with Gasteiger partial charge in [0.2, 0.25) is 0 Å². The molecule has 1 fully saturated rings. The molecular formula is C12H27N3O. The van der Waals surface area contributed by atoms with E-state index >= 15 is 0 Å². The molecule has 0 saturated heterocycles. The molecule has 4 heteroatoms. The van der Waals surface area contributed by atoms with E-state index in [0.717, 1.165) is 13.1 Å². The second kappa shape index (κ2) is 5.96. The minimum atomic E-state index is -0.269. The monoisotopic (exact) mass is 229 g/mol. The summed E-state index contributed by atoms with van der Waals surface area (Å²) in [5, 5.41) is 13.1. The van der Waals surface area contributed by atoms with Crippen LogP contribution >= 0.6 is 0 Å². The van der Waals surface area contributed by atoms with Gasteiger partial charge in [0.15, 0.2) is 0 Å². The van der Waals surface area contributed by atoms with Crippen molar-refractivity contribution in [3.05, 3.63) is 0 Å². The minimum Gasteiger partial charge on any atom is -0.390 e. The third-order valence-corrected chi connectivity index (χ3v) is 3.64. The van der Waals surface area contributed by atoms with Crippen molar-refractivity contribution in [3.63, 3.8) is 0 Å². The molecule has 96 valence electrons. The highest BCUT2D eigenvalue weighted by atomic mass is 16.3. The summed E-state index contributed by atoms with van der Waals surface area (Å²) in [5.74, 6) is 0. The molecule has 0 aliphatic heterocycles. The lowest BCUT2D eigenvalue weighted by atomic mass is 9.75. The lowest BCUT2D eigenvalue weighted by Crippen LogP contribution is -2.57. The molecule has 0 aromatic heterocycles. The Bertz CT molecular complexity index is 202. The molecule has 16 heavy (non-hydrogen) atoms. The number of rotatable bonds is 7. The summed E-state index contributed by atoms with van der Waals surface area (Å²) in [4.78, 5) is 4.33. The van der Waals surface area contributed by atoms with Gasteiger partial charge in [0.25, 0.3) is 0 Å². The second-order valence-corrected chi connectivity index (χ2v) is 5.52. The van der Waals surface area contributed by atoms with E-state index in [4.69, 9.17) is 0 Å². The van der Waals surface area contributed by atoms with Crippen molar-refractivity contribution in [2.24, 2.45) is 0 Å². The molecule has 4 nitrogen and oxygen atoms in total. The highest BCUT2D eigenvalue weighted by Gasteiger charge is 2.38. The van der Waals surface area contributed by atoms with Gasteiger partial charge < -0.3 is 20.2 Å². The van der Waals surface area contributed by atoms with Gasteiger partial charge in [0.05, 0.1) is 6.10 Å². The van der Waals surface area contributed by atoms with E-state index in [-0.39, 0.29) is 6.10 Å². The predicted molar refractivity (Wildman–Crippen MR) is 67.7 cm³/mol. The zero-order valence-electron chi connectivity index (χ0n) is 11.2. The summed E-state index contributed by atoms with van der Waals surface area (Å²) in [7, 11) is 8.26. The van der Waals surface area contributed by atoms with Crippen LogP contribution in [0.15, 0.2) is 0 Å². The average molecular weight is 229 g/mol. The Morgan fingerprint density at radius 1 is 1.25 bits per heavy atom. The molecule has 1 unspecified atom stereocenters. The van der Waals surface area contributed by atoms with Gasteiger partial charge in [0.1, 0.15) is 0 Å². The maximum absolute atomic E-state index is 9.73. The van der Waals surface area contributed by atoms with Crippen molar-refractivity contribution in [3.8, 4) is 0 Å². The zero-order chi connectivity index (χ0) is 12.2. The molecule has 1 aliphatic rings. The van der Waals surface area contributed by atoms with Crippen molar-refractivity contribution in [2.45, 2.75) is 30.9 Å². The van der Waals surface area contributed by atoms with Gasteiger partial charge in [-0.1, -0.05) is 0 Å². The molecule has 0 aromatic rings. The summed E-state index contributed by atoms with van der Waals surface area (Å²) in [6.07, 6.45) is 3.61. The van der Waals surface area contributed by atoms with E-state index in [2.05, 4.69) is 24.3 Å². The summed E-state index contributed by atoms with van der Waals surface area (Å²) in [5.41, 5.74) is 0.345. The fourth-order valence-corrected chi connectivity index (χ4v) is 2.32. The molecule has 1 atom stereocenters. The van der Waals surface area contributed by atoms with Gasteiger partial charge in [-0.25, -0.2) is 0 Å². The zero-order valence-corrected chi connectivity index (χ0v) is 11.2. The number of nitrogens with one attached hydrogen (secondary N) is 1. The fraction of sp³-hybridized carbons (Fsp3) is 1.00. The third-order valence-electron chi connectivity index (χ3n) is 3.64. The maximum Gasteiger partial charge on any atom is 0.0791 e. The highest BCUT2D eigenvalue weighted by molar-refractivity contribution is 4.97. The molecule has 0 aromatic carbocycles. The Labute approximate surface area is 99.6 Å². The number of hydrogen-bond donors (Lipinski definition) is 2. The van der Waals surface area contributed by atoms with Gasteiger partial charge in [-0.15, -0.1) is 0 Å². The van der Waals surface area contributed by atoms with Gasteiger partial charge in [-0.3, -0.25) is 0 Å². The Hall–Kier alpha value is -0.160. The molecule has 0 radical (unpaired) electrons. The van der Waals surface area contributed by atoms with Crippen molar-refractivity contribution in [2.75, 3.05) is 47.8 Å². The van der Waals surface area contributed by atoms with Crippen LogP contribution < -0.4 is 5.32 Å². The van der Waals surface area contributed by atoms with E-state index in [1.807, 2.05) is 19.0 Å². The quantitative estimate of drug-likeness (QED) is 0.644. The van der Waals surface area contributed by atoms with E-state index in [1.54, 1.807) is 0 Å². The largest absolute Gasteiger partial charge is 0.390 e. The first-order chi connectivity index (χ1) is 7.46. The van der Waals surface area contributed by atoms with Crippen molar-refractivity contribution in [1.82, 2.24) is 15.1 Å². The van der Waals surface area contributed by atoms with Gasteiger partial charge in [-0.05, 0) is 47.5 Å². The van der Waals surface area contributed by atoms with E-state index in [9.17, 15) is 5.11 Å². The smallest absolute Gasteiger partial charge is 0.0791 e. The first-order valence-corrected chi connectivity index (χ1v) is 6.17. The van der Waals surface area contributed by atoms with Crippen molar-refractivity contribution >= 4 is 0 Å². The first-order valence-electron chi connectivity index (χ1n) is 6.17. The molecule has 0 heterocycles. The lowest BCUT2D eigenvalue weighted by Gasteiger charge is -2.47. The topological polar surface area (TPSA) is 38.7 Å². The van der Waals surface area contributed by atoms with E-state index in [0.29, 0.717) is 12.1 Å². The molecule has 1 rings (SSSR count). The molecule has 0 bridgehead atoms. The van der Waals surface area contributed by atoms with E-state index in [1.165, 1.54) is 19.3 Å².